The number of carbonyl (C=O) groups excluding carboxylic acids is 2. The van der Waals surface area contributed by atoms with Crippen molar-refractivity contribution in [2.24, 2.45) is 5.92 Å². The van der Waals surface area contributed by atoms with Crippen molar-refractivity contribution in [1.29, 1.82) is 0 Å². The molecule has 0 saturated carbocycles. The highest BCUT2D eigenvalue weighted by molar-refractivity contribution is 5.76. The van der Waals surface area contributed by atoms with Gasteiger partial charge in [-0.25, -0.2) is 0 Å². The predicted octanol–water partition coefficient (Wildman–Crippen LogP) is 4.03. The summed E-state index contributed by atoms with van der Waals surface area (Å²) in [6, 6.07) is 2.32. The minimum absolute atomic E-state index is 0.247. The molecule has 0 heterocycles. The number of esters is 1. The summed E-state index contributed by atoms with van der Waals surface area (Å²) in [5, 5.41) is 0. The van der Waals surface area contributed by atoms with Gasteiger partial charge in [-0.3, -0.25) is 9.59 Å². The summed E-state index contributed by atoms with van der Waals surface area (Å²) in [4.78, 5) is 22.8. The molecule has 0 N–H and O–H groups in total. The first kappa shape index (κ1) is 17.3. The molecule has 0 aliphatic rings. The third-order valence-electron chi connectivity index (χ3n) is 3.38. The van der Waals surface area contributed by atoms with Crippen molar-refractivity contribution in [2.75, 3.05) is 0 Å². The number of benzene rings is 1. The van der Waals surface area contributed by atoms with Crippen molar-refractivity contribution in [3.8, 4) is 5.75 Å². The number of ether oxygens (including phenoxy) is 1. The summed E-state index contributed by atoms with van der Waals surface area (Å²) in [7, 11) is 0. The third-order valence-corrected chi connectivity index (χ3v) is 3.38. The molecule has 0 saturated heterocycles. The second-order valence-corrected chi connectivity index (χ2v) is 6.45. The van der Waals surface area contributed by atoms with Crippen LogP contribution >= 0.6 is 0 Å². The van der Waals surface area contributed by atoms with Crippen LogP contribution in [0.4, 0.5) is 4.39 Å². The zero-order chi connectivity index (χ0) is 16.4. The summed E-state index contributed by atoms with van der Waals surface area (Å²) in [5.74, 6) is -0.189. The quantitative estimate of drug-likeness (QED) is 0.468. The largest absolute Gasteiger partial charge is 0.426 e. The molecule has 116 valence electrons. The molecule has 0 aromatic heterocycles. The van der Waals surface area contributed by atoms with Crippen LogP contribution in [0.5, 0.6) is 5.75 Å². The summed E-state index contributed by atoms with van der Waals surface area (Å²) >= 11 is 0. The molecular weight excluding hydrogens is 271 g/mol. The molecule has 0 radical (unpaired) electrons. The lowest BCUT2D eigenvalue weighted by Gasteiger charge is -2.28. The molecule has 0 unspecified atom stereocenters. The number of hydrogen-bond acceptors (Lipinski definition) is 3. The van der Waals surface area contributed by atoms with Crippen molar-refractivity contribution in [3.05, 3.63) is 28.8 Å². The first-order valence-electron chi connectivity index (χ1n) is 7.06. The van der Waals surface area contributed by atoms with Crippen LogP contribution in [0, 0.1) is 19.8 Å². The van der Waals surface area contributed by atoms with Gasteiger partial charge in [-0.15, -0.1) is 0 Å². The van der Waals surface area contributed by atoms with Gasteiger partial charge in [0.1, 0.15) is 5.75 Å². The summed E-state index contributed by atoms with van der Waals surface area (Å²) < 4.78 is 18.3. The maximum Gasteiger partial charge on any atom is 0.313 e. The van der Waals surface area contributed by atoms with Crippen LogP contribution in [-0.4, -0.2) is 12.0 Å². The zero-order valence-electron chi connectivity index (χ0n) is 13.5. The average molecular weight is 294 g/mol. The first-order chi connectivity index (χ1) is 9.54. The highest BCUT2D eigenvalue weighted by atomic mass is 19.1. The Hall–Kier alpha value is -1.71. The van der Waals surface area contributed by atoms with Crippen LogP contribution in [0.3, 0.4) is 0 Å². The van der Waals surface area contributed by atoms with Gasteiger partial charge in [-0.05, 0) is 31.0 Å². The van der Waals surface area contributed by atoms with Crippen molar-refractivity contribution < 1.29 is 18.7 Å². The Balaban J connectivity index is 3.35. The van der Waals surface area contributed by atoms with Gasteiger partial charge in [-0.1, -0.05) is 33.8 Å². The van der Waals surface area contributed by atoms with Gasteiger partial charge >= 0.3 is 12.0 Å². The van der Waals surface area contributed by atoms with Crippen LogP contribution < -0.4 is 4.74 Å². The maximum absolute atomic E-state index is 12.9. The fourth-order valence-corrected chi connectivity index (χ4v) is 2.54. The molecule has 0 amide bonds. The molecule has 1 rings (SSSR count). The van der Waals surface area contributed by atoms with Gasteiger partial charge in [0.2, 0.25) is 0 Å². The summed E-state index contributed by atoms with van der Waals surface area (Å²) in [6.45, 7) is 10.8. The monoisotopic (exact) mass is 294 g/mol. The normalized spacial score (nSPS) is 11.6. The van der Waals surface area contributed by atoms with E-state index in [0.29, 0.717) is 11.3 Å². The van der Waals surface area contributed by atoms with Crippen molar-refractivity contribution in [1.82, 2.24) is 0 Å². The van der Waals surface area contributed by atoms with Crippen molar-refractivity contribution in [3.63, 3.8) is 0 Å². The molecule has 0 bridgehead atoms. The van der Waals surface area contributed by atoms with Gasteiger partial charge in [0.05, 0.1) is 5.92 Å². The van der Waals surface area contributed by atoms with E-state index in [1.165, 1.54) is 0 Å². The van der Waals surface area contributed by atoms with Crippen molar-refractivity contribution >= 4 is 12.0 Å². The van der Waals surface area contributed by atoms with E-state index in [4.69, 9.17) is 4.74 Å². The number of rotatable bonds is 5. The van der Waals surface area contributed by atoms with E-state index in [1.807, 2.05) is 19.9 Å². The van der Waals surface area contributed by atoms with Crippen LogP contribution in [0.2, 0.25) is 0 Å². The number of carbonyl (C=O) groups is 2. The van der Waals surface area contributed by atoms with Gasteiger partial charge < -0.3 is 4.74 Å². The number of halogens is 1. The Morgan fingerprint density at radius 3 is 2.29 bits per heavy atom. The van der Waals surface area contributed by atoms with E-state index in [0.717, 1.165) is 11.1 Å². The van der Waals surface area contributed by atoms with E-state index in [1.54, 1.807) is 33.8 Å². The van der Waals surface area contributed by atoms with Crippen LogP contribution in [-0.2, 0) is 15.0 Å². The predicted molar refractivity (Wildman–Crippen MR) is 80.1 cm³/mol. The molecule has 1 aromatic rings. The topological polar surface area (TPSA) is 43.4 Å². The van der Waals surface area contributed by atoms with Gasteiger partial charge in [-0.2, -0.15) is 4.39 Å². The van der Waals surface area contributed by atoms with E-state index >= 15 is 0 Å². The van der Waals surface area contributed by atoms with Crippen molar-refractivity contribution in [2.45, 2.75) is 53.4 Å². The molecular formula is C17H23FO3. The average Bonchev–Trinajstić information content (AvgIpc) is 2.24. The van der Waals surface area contributed by atoms with Crippen LogP contribution in [0.25, 0.3) is 0 Å². The Morgan fingerprint density at radius 1 is 1.24 bits per heavy atom. The fraction of sp³-hybridized carbons (Fsp3) is 0.529. The van der Waals surface area contributed by atoms with E-state index in [2.05, 4.69) is 0 Å². The minimum atomic E-state index is -1.37. The first-order valence-corrected chi connectivity index (χ1v) is 7.06. The highest BCUT2D eigenvalue weighted by Crippen LogP contribution is 2.38. The Bertz CT molecular complexity index is 559. The minimum Gasteiger partial charge on any atom is -0.426 e. The van der Waals surface area contributed by atoms with Gasteiger partial charge in [0, 0.05) is 17.4 Å². The smallest absolute Gasteiger partial charge is 0.313 e. The SMILES string of the molecule is Cc1cc(C)c(C(C)(C)CC(=O)F)c(OC(=O)C(C)C)c1. The molecule has 0 aliphatic heterocycles. The molecule has 0 atom stereocenters. The van der Waals surface area contributed by atoms with Gasteiger partial charge in [0.25, 0.3) is 0 Å². The van der Waals surface area contributed by atoms with Crippen LogP contribution in [0.1, 0.15) is 50.8 Å². The molecule has 0 spiro atoms. The summed E-state index contributed by atoms with van der Waals surface area (Å²) in [6.07, 6.45) is -0.247. The molecule has 21 heavy (non-hydrogen) atoms. The lowest BCUT2D eigenvalue weighted by Crippen LogP contribution is -2.24. The second kappa shape index (κ2) is 6.37. The lowest BCUT2D eigenvalue weighted by atomic mass is 9.78. The maximum atomic E-state index is 12.9. The lowest BCUT2D eigenvalue weighted by molar-refractivity contribution is -0.137. The van der Waals surface area contributed by atoms with Gasteiger partial charge in [0.15, 0.2) is 0 Å². The Morgan fingerprint density at radius 2 is 1.81 bits per heavy atom. The zero-order valence-corrected chi connectivity index (χ0v) is 13.5. The number of aryl methyl sites for hydroxylation is 2. The molecule has 3 nitrogen and oxygen atoms in total. The molecule has 0 fully saturated rings. The fourth-order valence-electron chi connectivity index (χ4n) is 2.54. The highest BCUT2D eigenvalue weighted by Gasteiger charge is 2.30. The van der Waals surface area contributed by atoms with E-state index in [9.17, 15) is 14.0 Å². The third kappa shape index (κ3) is 4.38. The van der Waals surface area contributed by atoms with E-state index in [-0.39, 0.29) is 18.3 Å². The van der Waals surface area contributed by atoms with Crippen LogP contribution in [0.15, 0.2) is 12.1 Å². The summed E-state index contributed by atoms with van der Waals surface area (Å²) in [5.41, 5.74) is 1.79. The molecule has 1 aromatic carbocycles. The van der Waals surface area contributed by atoms with E-state index < -0.39 is 11.5 Å². The standard InChI is InChI=1S/C17H23FO3/c1-10(2)16(20)21-13-8-11(3)7-12(4)15(13)17(5,6)9-14(18)19/h7-8,10H,9H2,1-6H3. The number of hydrogen-bond donors (Lipinski definition) is 0. The second-order valence-electron chi connectivity index (χ2n) is 6.45. The Kier molecular flexibility index (Phi) is 5.26. The Labute approximate surface area is 125 Å². The molecule has 0 aliphatic carbocycles. The molecule has 4 heteroatoms.